The summed E-state index contributed by atoms with van der Waals surface area (Å²) in [5, 5.41) is 0. The Morgan fingerprint density at radius 2 is 0.944 bits per heavy atom. The molecule has 0 aliphatic rings. The molecule has 0 heterocycles. The highest BCUT2D eigenvalue weighted by molar-refractivity contribution is 7.85. The summed E-state index contributed by atoms with van der Waals surface area (Å²) >= 11 is 0. The zero-order valence-electron chi connectivity index (χ0n) is 18.6. The summed E-state index contributed by atoms with van der Waals surface area (Å²) in [6.45, 7) is 0. The molecule has 10 heteroatoms. The standard InChI is InChI=1S/C26H21F3N2O4S/c27-26(28,29)25(17-1-7-20(30)8-2-17,18-3-9-21(31)10-4-18)19-5-11-22(12-6-19)35-23-13-15-24(16-14-23)36(32,33)34/h1-16H,30-31H2,(H,32,33,34). The lowest BCUT2D eigenvalue weighted by atomic mass is 9.68. The largest absolute Gasteiger partial charge is 0.457 e. The quantitative estimate of drug-likeness (QED) is 0.171. The maximum absolute atomic E-state index is 15.1. The topological polar surface area (TPSA) is 116 Å². The molecule has 5 N–H and O–H groups in total. The fourth-order valence-electron chi connectivity index (χ4n) is 4.05. The first-order valence-corrected chi connectivity index (χ1v) is 12.0. The Hall–Kier alpha value is -4.02. The van der Waals surface area contributed by atoms with Crippen molar-refractivity contribution >= 4 is 21.5 Å². The predicted octanol–water partition coefficient (Wildman–Crippen LogP) is 5.79. The van der Waals surface area contributed by atoms with Crippen LogP contribution in [0.4, 0.5) is 24.5 Å². The fraction of sp³-hybridized carbons (Fsp3) is 0.0769. The van der Waals surface area contributed by atoms with Gasteiger partial charge in [-0.25, -0.2) is 0 Å². The van der Waals surface area contributed by atoms with Crippen molar-refractivity contribution in [3.8, 4) is 11.5 Å². The molecule has 0 saturated carbocycles. The van der Waals surface area contributed by atoms with E-state index in [0.29, 0.717) is 11.4 Å². The maximum atomic E-state index is 15.1. The van der Waals surface area contributed by atoms with Crippen LogP contribution in [0.2, 0.25) is 0 Å². The van der Waals surface area contributed by atoms with Gasteiger partial charge in [0.25, 0.3) is 10.1 Å². The molecule has 0 amide bonds. The van der Waals surface area contributed by atoms with E-state index in [-0.39, 0.29) is 33.1 Å². The highest BCUT2D eigenvalue weighted by atomic mass is 32.2. The summed E-state index contributed by atoms with van der Waals surface area (Å²) in [5.74, 6) is 0.457. The van der Waals surface area contributed by atoms with Gasteiger partial charge in [-0.3, -0.25) is 4.55 Å². The molecule has 0 fully saturated rings. The molecule has 0 unspecified atom stereocenters. The summed E-state index contributed by atoms with van der Waals surface area (Å²) < 4.78 is 82.3. The molecule has 0 aliphatic carbocycles. The number of benzene rings is 4. The first-order chi connectivity index (χ1) is 16.9. The smallest absolute Gasteiger partial charge is 0.406 e. The van der Waals surface area contributed by atoms with E-state index >= 15 is 13.2 Å². The van der Waals surface area contributed by atoms with Crippen LogP contribution < -0.4 is 16.2 Å². The number of ether oxygens (including phenoxy) is 1. The van der Waals surface area contributed by atoms with Gasteiger partial charge in [-0.15, -0.1) is 0 Å². The highest BCUT2D eigenvalue weighted by Crippen LogP contribution is 2.51. The van der Waals surface area contributed by atoms with Gasteiger partial charge in [0.1, 0.15) is 16.9 Å². The lowest BCUT2D eigenvalue weighted by molar-refractivity contribution is -0.166. The highest BCUT2D eigenvalue weighted by Gasteiger charge is 2.58. The van der Waals surface area contributed by atoms with Gasteiger partial charge in [-0.1, -0.05) is 36.4 Å². The number of anilines is 2. The second-order valence-corrected chi connectivity index (χ2v) is 9.49. The monoisotopic (exact) mass is 514 g/mol. The molecule has 186 valence electrons. The van der Waals surface area contributed by atoms with Crippen molar-refractivity contribution in [1.29, 1.82) is 0 Å². The van der Waals surface area contributed by atoms with Gasteiger partial charge in [0, 0.05) is 11.4 Å². The molecule has 0 radical (unpaired) electrons. The van der Waals surface area contributed by atoms with Crippen molar-refractivity contribution in [3.63, 3.8) is 0 Å². The lowest BCUT2D eigenvalue weighted by Gasteiger charge is -2.37. The van der Waals surface area contributed by atoms with Crippen molar-refractivity contribution in [3.05, 3.63) is 114 Å². The summed E-state index contributed by atoms with van der Waals surface area (Å²) in [5.41, 5.74) is 9.51. The number of nitrogens with two attached hydrogens (primary N) is 2. The Morgan fingerprint density at radius 1 is 0.611 bits per heavy atom. The Bertz CT molecular complexity index is 1410. The van der Waals surface area contributed by atoms with Crippen LogP contribution in [-0.4, -0.2) is 19.1 Å². The van der Waals surface area contributed by atoms with E-state index < -0.39 is 21.7 Å². The van der Waals surface area contributed by atoms with Crippen LogP contribution in [0.3, 0.4) is 0 Å². The number of alkyl halides is 3. The van der Waals surface area contributed by atoms with Gasteiger partial charge in [-0.2, -0.15) is 21.6 Å². The molecule has 0 atom stereocenters. The van der Waals surface area contributed by atoms with Gasteiger partial charge < -0.3 is 16.2 Å². The summed E-state index contributed by atoms with van der Waals surface area (Å²) in [7, 11) is -4.36. The van der Waals surface area contributed by atoms with Crippen LogP contribution in [0.25, 0.3) is 0 Å². The third-order valence-electron chi connectivity index (χ3n) is 5.76. The number of halogens is 3. The molecular formula is C26H21F3N2O4S. The van der Waals surface area contributed by atoms with E-state index in [0.717, 1.165) is 12.1 Å². The van der Waals surface area contributed by atoms with Gasteiger partial charge in [-0.05, 0) is 77.4 Å². The van der Waals surface area contributed by atoms with E-state index in [1.54, 1.807) is 0 Å². The van der Waals surface area contributed by atoms with Crippen LogP contribution in [0.1, 0.15) is 16.7 Å². The van der Waals surface area contributed by atoms with Gasteiger partial charge in [0.2, 0.25) is 0 Å². The first-order valence-electron chi connectivity index (χ1n) is 10.6. The van der Waals surface area contributed by atoms with Crippen molar-refractivity contribution in [2.24, 2.45) is 0 Å². The summed E-state index contributed by atoms with van der Waals surface area (Å²) in [4.78, 5) is -0.313. The van der Waals surface area contributed by atoms with Crippen molar-refractivity contribution in [1.82, 2.24) is 0 Å². The number of hydrogen-bond donors (Lipinski definition) is 3. The molecule has 0 spiro atoms. The molecule has 0 aromatic heterocycles. The van der Waals surface area contributed by atoms with Crippen LogP contribution >= 0.6 is 0 Å². The average Bonchev–Trinajstić information content (AvgIpc) is 2.82. The molecular weight excluding hydrogens is 493 g/mol. The number of rotatable bonds is 6. The van der Waals surface area contributed by atoms with E-state index in [1.807, 2.05) is 0 Å². The van der Waals surface area contributed by atoms with Crippen LogP contribution in [0.5, 0.6) is 11.5 Å². The Kier molecular flexibility index (Phi) is 6.42. The third kappa shape index (κ3) is 4.73. The van der Waals surface area contributed by atoms with E-state index in [2.05, 4.69) is 0 Å². The van der Waals surface area contributed by atoms with Crippen molar-refractivity contribution in [2.45, 2.75) is 16.5 Å². The summed E-state index contributed by atoms with van der Waals surface area (Å²) in [6.07, 6.45) is -4.74. The molecule has 6 nitrogen and oxygen atoms in total. The van der Waals surface area contributed by atoms with E-state index in [4.69, 9.17) is 20.8 Å². The SMILES string of the molecule is Nc1ccc(C(c2ccc(N)cc2)(c2ccc(Oc3ccc(S(=O)(=O)O)cc3)cc2)C(F)(F)F)cc1. The van der Waals surface area contributed by atoms with Gasteiger partial charge in [0.05, 0.1) is 4.90 Å². The Balaban J connectivity index is 1.80. The van der Waals surface area contributed by atoms with E-state index in [1.165, 1.54) is 84.9 Å². The van der Waals surface area contributed by atoms with Crippen LogP contribution in [0, 0.1) is 0 Å². The Labute approximate surface area is 205 Å². The van der Waals surface area contributed by atoms with Crippen molar-refractivity contribution < 1.29 is 30.9 Å². The molecule has 0 aliphatic heterocycles. The molecule has 0 saturated heterocycles. The van der Waals surface area contributed by atoms with E-state index in [9.17, 15) is 8.42 Å². The van der Waals surface area contributed by atoms with Crippen molar-refractivity contribution in [2.75, 3.05) is 11.5 Å². The zero-order chi connectivity index (χ0) is 26.1. The first kappa shape index (κ1) is 25.1. The minimum atomic E-state index is -4.74. The molecule has 4 aromatic carbocycles. The second-order valence-electron chi connectivity index (χ2n) is 8.06. The Morgan fingerprint density at radius 3 is 1.28 bits per heavy atom. The lowest BCUT2D eigenvalue weighted by Crippen LogP contribution is -2.44. The summed E-state index contributed by atoms with van der Waals surface area (Å²) in [6, 6.07) is 21.4. The van der Waals surface area contributed by atoms with Crippen LogP contribution in [0.15, 0.2) is 102 Å². The predicted molar refractivity (Wildman–Crippen MR) is 130 cm³/mol. The van der Waals surface area contributed by atoms with Gasteiger partial charge >= 0.3 is 6.18 Å². The molecule has 4 rings (SSSR count). The van der Waals surface area contributed by atoms with Crippen LogP contribution in [-0.2, 0) is 15.5 Å². The second kappa shape index (κ2) is 9.21. The molecule has 0 bridgehead atoms. The number of nitrogen functional groups attached to an aromatic ring is 2. The maximum Gasteiger partial charge on any atom is 0.406 e. The number of hydrogen-bond acceptors (Lipinski definition) is 5. The fourth-order valence-corrected chi connectivity index (χ4v) is 4.53. The third-order valence-corrected chi connectivity index (χ3v) is 6.63. The zero-order valence-corrected chi connectivity index (χ0v) is 19.4. The molecule has 4 aromatic rings. The average molecular weight is 515 g/mol. The normalized spacial score (nSPS) is 12.3. The molecule has 36 heavy (non-hydrogen) atoms. The minimum absolute atomic E-state index is 0.0246. The van der Waals surface area contributed by atoms with Gasteiger partial charge in [0.15, 0.2) is 0 Å². The minimum Gasteiger partial charge on any atom is -0.457 e.